The van der Waals surface area contributed by atoms with E-state index in [4.69, 9.17) is 4.74 Å². The van der Waals surface area contributed by atoms with Crippen LogP contribution in [0.5, 0.6) is 5.75 Å². The summed E-state index contributed by atoms with van der Waals surface area (Å²) < 4.78 is 5.90. The van der Waals surface area contributed by atoms with Crippen molar-refractivity contribution in [2.45, 2.75) is 32.4 Å². The number of hydrogen-bond acceptors (Lipinski definition) is 2. The highest BCUT2D eigenvalue weighted by molar-refractivity contribution is 5.42. The first-order valence-electron chi connectivity index (χ1n) is 5.16. The number of fused-ring (bicyclic) bond motifs is 1. The number of nitrogens with one attached hydrogen (secondary N) is 1. The van der Waals surface area contributed by atoms with Gasteiger partial charge in [0.2, 0.25) is 0 Å². The first kappa shape index (κ1) is 9.53. The molecular weight excluding hydrogens is 174 g/mol. The molecule has 1 atom stereocenters. The van der Waals surface area contributed by atoms with E-state index >= 15 is 0 Å². The third kappa shape index (κ3) is 1.40. The molecular formula is C12H17NO. The van der Waals surface area contributed by atoms with Gasteiger partial charge in [0.15, 0.2) is 0 Å². The second-order valence-corrected chi connectivity index (χ2v) is 4.23. The fourth-order valence-electron chi connectivity index (χ4n) is 2.09. The lowest BCUT2D eigenvalue weighted by atomic mass is 9.94. The van der Waals surface area contributed by atoms with Gasteiger partial charge in [-0.05, 0) is 26.5 Å². The van der Waals surface area contributed by atoms with Gasteiger partial charge in [-0.15, -0.1) is 0 Å². The topological polar surface area (TPSA) is 21.3 Å². The number of likely N-dealkylation sites (N-methyl/N-ethyl adjacent to an activating group) is 1. The molecule has 0 spiro atoms. The maximum absolute atomic E-state index is 5.90. The molecule has 0 bridgehead atoms. The number of rotatable bonds is 2. The molecule has 1 unspecified atom stereocenters. The van der Waals surface area contributed by atoms with Gasteiger partial charge in [0.05, 0.1) is 6.04 Å². The maximum atomic E-state index is 5.90. The largest absolute Gasteiger partial charge is 0.486 e. The Morgan fingerprint density at radius 1 is 1.36 bits per heavy atom. The minimum atomic E-state index is -0.139. The molecule has 1 heterocycles. The van der Waals surface area contributed by atoms with Crippen LogP contribution in [0.25, 0.3) is 0 Å². The Balaban J connectivity index is 2.37. The zero-order valence-electron chi connectivity index (χ0n) is 9.00. The average molecular weight is 191 g/mol. The fraction of sp³-hybridized carbons (Fsp3) is 0.500. The third-order valence-corrected chi connectivity index (χ3v) is 2.71. The molecule has 2 nitrogen and oxygen atoms in total. The summed E-state index contributed by atoms with van der Waals surface area (Å²) in [6, 6.07) is 8.56. The van der Waals surface area contributed by atoms with Crippen LogP contribution in [-0.2, 0) is 0 Å². The molecule has 0 radical (unpaired) electrons. The van der Waals surface area contributed by atoms with Crippen LogP contribution in [0.15, 0.2) is 24.3 Å². The van der Waals surface area contributed by atoms with Crippen LogP contribution >= 0.6 is 0 Å². The number of para-hydroxylation sites is 1. The second-order valence-electron chi connectivity index (χ2n) is 4.23. The molecule has 0 aromatic heterocycles. The Labute approximate surface area is 85.3 Å². The van der Waals surface area contributed by atoms with Crippen molar-refractivity contribution in [3.05, 3.63) is 29.8 Å². The Kier molecular flexibility index (Phi) is 2.23. The molecule has 14 heavy (non-hydrogen) atoms. The predicted molar refractivity (Wildman–Crippen MR) is 57.6 cm³/mol. The molecule has 0 fully saturated rings. The monoisotopic (exact) mass is 191 g/mol. The molecule has 1 aromatic carbocycles. The van der Waals surface area contributed by atoms with E-state index in [-0.39, 0.29) is 5.60 Å². The average Bonchev–Trinajstić information content (AvgIpc) is 2.39. The van der Waals surface area contributed by atoms with Gasteiger partial charge in [-0.1, -0.05) is 25.1 Å². The van der Waals surface area contributed by atoms with Crippen molar-refractivity contribution in [3.63, 3.8) is 0 Å². The summed E-state index contributed by atoms with van der Waals surface area (Å²) in [5.74, 6) is 1.02. The quantitative estimate of drug-likeness (QED) is 0.775. The maximum Gasteiger partial charge on any atom is 0.125 e. The number of benzene rings is 1. The van der Waals surface area contributed by atoms with Gasteiger partial charge >= 0.3 is 0 Å². The Morgan fingerprint density at radius 2 is 2.07 bits per heavy atom. The van der Waals surface area contributed by atoms with Crippen LogP contribution in [0, 0.1) is 0 Å². The van der Waals surface area contributed by atoms with Crippen LogP contribution in [0.3, 0.4) is 0 Å². The van der Waals surface area contributed by atoms with E-state index in [2.05, 4.69) is 38.2 Å². The lowest BCUT2D eigenvalue weighted by Gasteiger charge is -2.26. The third-order valence-electron chi connectivity index (χ3n) is 2.71. The summed E-state index contributed by atoms with van der Waals surface area (Å²) >= 11 is 0. The van der Waals surface area contributed by atoms with Gasteiger partial charge in [-0.2, -0.15) is 0 Å². The van der Waals surface area contributed by atoms with Crippen molar-refractivity contribution < 1.29 is 4.74 Å². The summed E-state index contributed by atoms with van der Waals surface area (Å²) in [5.41, 5.74) is 1.14. The highest BCUT2D eigenvalue weighted by Gasteiger charge is 2.40. The van der Waals surface area contributed by atoms with Crippen LogP contribution in [0.2, 0.25) is 0 Å². The minimum absolute atomic E-state index is 0.139. The van der Waals surface area contributed by atoms with Gasteiger partial charge in [-0.25, -0.2) is 0 Å². The van der Waals surface area contributed by atoms with Crippen molar-refractivity contribution >= 4 is 0 Å². The second kappa shape index (κ2) is 3.28. The van der Waals surface area contributed by atoms with Crippen molar-refractivity contribution in [1.82, 2.24) is 5.32 Å². The summed E-state index contributed by atoms with van der Waals surface area (Å²) in [5, 5.41) is 3.47. The standard InChI is InChI=1S/C12H17NO/c1-4-13-11-9-7-5-6-8-10(9)14-12(11,2)3/h5-8,11,13H,4H2,1-3H3. The molecule has 0 saturated heterocycles. The van der Waals surface area contributed by atoms with Gasteiger partial charge in [0.25, 0.3) is 0 Å². The Morgan fingerprint density at radius 3 is 2.79 bits per heavy atom. The molecule has 0 aliphatic carbocycles. The van der Waals surface area contributed by atoms with Gasteiger partial charge in [0, 0.05) is 5.56 Å². The first-order chi connectivity index (χ1) is 6.65. The summed E-state index contributed by atoms with van der Waals surface area (Å²) in [6.45, 7) is 7.34. The SMILES string of the molecule is CCNC1c2ccccc2OC1(C)C. The lowest BCUT2D eigenvalue weighted by Crippen LogP contribution is -2.38. The van der Waals surface area contributed by atoms with Crippen LogP contribution in [0.1, 0.15) is 32.4 Å². The minimum Gasteiger partial charge on any atom is -0.486 e. The number of hydrogen-bond donors (Lipinski definition) is 1. The van der Waals surface area contributed by atoms with E-state index in [9.17, 15) is 0 Å². The fourth-order valence-corrected chi connectivity index (χ4v) is 2.09. The van der Waals surface area contributed by atoms with Crippen molar-refractivity contribution in [2.75, 3.05) is 6.54 Å². The Hall–Kier alpha value is -1.02. The van der Waals surface area contributed by atoms with Crippen LogP contribution in [-0.4, -0.2) is 12.1 Å². The van der Waals surface area contributed by atoms with E-state index in [0.29, 0.717) is 6.04 Å². The zero-order valence-corrected chi connectivity index (χ0v) is 9.00. The molecule has 0 saturated carbocycles. The highest BCUT2D eigenvalue weighted by Crippen LogP contribution is 2.42. The lowest BCUT2D eigenvalue weighted by molar-refractivity contribution is 0.0973. The van der Waals surface area contributed by atoms with E-state index in [0.717, 1.165) is 12.3 Å². The highest BCUT2D eigenvalue weighted by atomic mass is 16.5. The molecule has 0 amide bonds. The zero-order chi connectivity index (χ0) is 10.2. The normalized spacial score (nSPS) is 22.9. The van der Waals surface area contributed by atoms with E-state index < -0.39 is 0 Å². The van der Waals surface area contributed by atoms with Gasteiger partial charge in [-0.3, -0.25) is 0 Å². The van der Waals surface area contributed by atoms with Gasteiger partial charge in [0.1, 0.15) is 11.4 Å². The van der Waals surface area contributed by atoms with Crippen LogP contribution in [0.4, 0.5) is 0 Å². The smallest absolute Gasteiger partial charge is 0.125 e. The Bertz CT molecular complexity index is 333. The molecule has 2 heteroatoms. The molecule has 1 aliphatic heterocycles. The summed E-state index contributed by atoms with van der Waals surface area (Å²) in [4.78, 5) is 0. The van der Waals surface area contributed by atoms with Crippen molar-refractivity contribution in [2.24, 2.45) is 0 Å². The molecule has 1 aliphatic rings. The van der Waals surface area contributed by atoms with Crippen molar-refractivity contribution in [3.8, 4) is 5.75 Å². The van der Waals surface area contributed by atoms with Crippen molar-refractivity contribution in [1.29, 1.82) is 0 Å². The van der Waals surface area contributed by atoms with E-state index in [1.165, 1.54) is 5.56 Å². The summed E-state index contributed by atoms with van der Waals surface area (Å²) in [7, 11) is 0. The molecule has 76 valence electrons. The number of ether oxygens (including phenoxy) is 1. The van der Waals surface area contributed by atoms with Gasteiger partial charge < -0.3 is 10.1 Å². The van der Waals surface area contributed by atoms with E-state index in [1.54, 1.807) is 0 Å². The molecule has 1 N–H and O–H groups in total. The first-order valence-corrected chi connectivity index (χ1v) is 5.16. The summed E-state index contributed by atoms with van der Waals surface area (Å²) in [6.07, 6.45) is 0. The molecule has 1 aromatic rings. The van der Waals surface area contributed by atoms with E-state index in [1.807, 2.05) is 12.1 Å². The molecule has 2 rings (SSSR count). The predicted octanol–water partition coefficient (Wildman–Crippen LogP) is 2.51. The van der Waals surface area contributed by atoms with Crippen LogP contribution < -0.4 is 10.1 Å².